The van der Waals surface area contributed by atoms with Crippen LogP contribution >= 0.6 is 15.9 Å². The molecule has 0 saturated heterocycles. The Kier molecular flexibility index (Phi) is 3.42. The molecule has 2 aromatic carbocycles. The smallest absolute Gasteiger partial charge is 0.248 e. The zero-order valence-electron chi connectivity index (χ0n) is 11.8. The van der Waals surface area contributed by atoms with Gasteiger partial charge in [0.25, 0.3) is 0 Å². The molecule has 0 radical (unpaired) electrons. The van der Waals surface area contributed by atoms with Gasteiger partial charge < -0.3 is 5.32 Å². The summed E-state index contributed by atoms with van der Waals surface area (Å²) in [5.41, 5.74) is 2.85. The number of halogens is 2. The molecular weight excluding hydrogens is 361 g/mol. The van der Waals surface area contributed by atoms with Gasteiger partial charge in [0, 0.05) is 10.2 Å². The summed E-state index contributed by atoms with van der Waals surface area (Å²) in [4.78, 5) is 0. The highest BCUT2D eigenvalue weighted by molar-refractivity contribution is 9.10. The molecule has 0 fully saturated rings. The average molecular weight is 372 g/mol. The molecule has 0 aliphatic carbocycles. The van der Waals surface area contributed by atoms with Gasteiger partial charge in [-0.25, -0.2) is 4.39 Å². The van der Waals surface area contributed by atoms with E-state index in [4.69, 9.17) is 0 Å². The number of fused-ring (bicyclic) bond motifs is 1. The summed E-state index contributed by atoms with van der Waals surface area (Å²) in [6, 6.07) is 14.1. The highest BCUT2D eigenvalue weighted by Gasteiger charge is 2.24. The summed E-state index contributed by atoms with van der Waals surface area (Å²) < 4.78 is 15.9. The van der Waals surface area contributed by atoms with Crippen molar-refractivity contribution in [2.45, 2.75) is 6.04 Å². The van der Waals surface area contributed by atoms with E-state index in [0.717, 1.165) is 21.3 Å². The van der Waals surface area contributed by atoms with E-state index in [1.807, 2.05) is 30.3 Å². The van der Waals surface area contributed by atoms with E-state index < -0.39 is 0 Å². The molecule has 1 atom stereocenters. The number of tetrazole rings is 1. The van der Waals surface area contributed by atoms with Crippen molar-refractivity contribution in [2.24, 2.45) is 0 Å². The van der Waals surface area contributed by atoms with Gasteiger partial charge in [-0.05, 0) is 51.9 Å². The second-order valence-electron chi connectivity index (χ2n) is 5.16. The van der Waals surface area contributed by atoms with Crippen molar-refractivity contribution in [3.8, 4) is 0 Å². The Hall–Kier alpha value is -2.54. The standard InChI is InChI=1S/C16H11BrFN5/c17-12-5-1-10(2-6-12)14-9-15(11-3-7-13(18)8-4-11)23-16(19-14)20-21-22-23/h1-9,15H,(H,19,20,22). The summed E-state index contributed by atoms with van der Waals surface area (Å²) >= 11 is 3.43. The minimum absolute atomic E-state index is 0.194. The minimum Gasteiger partial charge on any atom is -0.323 e. The predicted molar refractivity (Wildman–Crippen MR) is 88.1 cm³/mol. The quantitative estimate of drug-likeness (QED) is 0.747. The number of aromatic nitrogens is 4. The van der Waals surface area contributed by atoms with E-state index in [2.05, 4.69) is 36.8 Å². The molecule has 1 aromatic heterocycles. The van der Waals surface area contributed by atoms with Crippen molar-refractivity contribution < 1.29 is 4.39 Å². The third-order valence-electron chi connectivity index (χ3n) is 3.69. The summed E-state index contributed by atoms with van der Waals surface area (Å²) in [5.74, 6) is 0.288. The van der Waals surface area contributed by atoms with E-state index in [1.54, 1.807) is 16.8 Å². The van der Waals surface area contributed by atoms with Gasteiger partial charge in [-0.3, -0.25) is 0 Å². The second-order valence-corrected chi connectivity index (χ2v) is 6.07. The molecule has 0 saturated carbocycles. The van der Waals surface area contributed by atoms with Crippen molar-refractivity contribution in [1.82, 2.24) is 20.2 Å². The maximum atomic E-state index is 13.2. The van der Waals surface area contributed by atoms with Crippen molar-refractivity contribution in [2.75, 3.05) is 5.32 Å². The van der Waals surface area contributed by atoms with Crippen molar-refractivity contribution in [3.05, 3.63) is 76.0 Å². The molecular formula is C16H11BrFN5. The molecule has 114 valence electrons. The number of hydrogen-bond donors (Lipinski definition) is 1. The topological polar surface area (TPSA) is 55.6 Å². The Morgan fingerprint density at radius 1 is 1.04 bits per heavy atom. The van der Waals surface area contributed by atoms with Gasteiger partial charge >= 0.3 is 0 Å². The van der Waals surface area contributed by atoms with Gasteiger partial charge in [0.1, 0.15) is 11.9 Å². The third-order valence-corrected chi connectivity index (χ3v) is 4.22. The number of hydrogen-bond acceptors (Lipinski definition) is 4. The number of benzene rings is 2. The van der Waals surface area contributed by atoms with E-state index >= 15 is 0 Å². The number of nitrogens with zero attached hydrogens (tertiary/aromatic N) is 4. The Labute approximate surface area is 140 Å². The molecule has 23 heavy (non-hydrogen) atoms. The van der Waals surface area contributed by atoms with Crippen LogP contribution in [0.4, 0.5) is 10.3 Å². The summed E-state index contributed by atoms with van der Waals surface area (Å²) in [7, 11) is 0. The first-order valence-electron chi connectivity index (χ1n) is 6.99. The maximum Gasteiger partial charge on any atom is 0.248 e. The fourth-order valence-electron chi connectivity index (χ4n) is 2.55. The molecule has 7 heteroatoms. The van der Waals surface area contributed by atoms with E-state index in [9.17, 15) is 4.39 Å². The van der Waals surface area contributed by atoms with E-state index in [-0.39, 0.29) is 11.9 Å². The van der Waals surface area contributed by atoms with Crippen molar-refractivity contribution in [1.29, 1.82) is 0 Å². The minimum atomic E-state index is -0.267. The van der Waals surface area contributed by atoms with Gasteiger partial charge in [0.2, 0.25) is 5.95 Å². The summed E-state index contributed by atoms with van der Waals surface area (Å²) in [5, 5.41) is 15.0. The van der Waals surface area contributed by atoms with Gasteiger partial charge in [-0.15, -0.1) is 0 Å². The van der Waals surface area contributed by atoms with Crippen molar-refractivity contribution >= 4 is 27.6 Å². The highest BCUT2D eigenvalue weighted by Crippen LogP contribution is 2.31. The van der Waals surface area contributed by atoms with Crippen LogP contribution in [0.5, 0.6) is 0 Å². The lowest BCUT2D eigenvalue weighted by Crippen LogP contribution is -2.20. The molecule has 1 aliphatic rings. The van der Waals surface area contributed by atoms with Crippen LogP contribution in [0.15, 0.2) is 59.1 Å². The van der Waals surface area contributed by atoms with Gasteiger partial charge in [0.15, 0.2) is 0 Å². The highest BCUT2D eigenvalue weighted by atomic mass is 79.9. The van der Waals surface area contributed by atoms with Crippen LogP contribution in [0.25, 0.3) is 5.70 Å². The zero-order valence-corrected chi connectivity index (χ0v) is 13.4. The van der Waals surface area contributed by atoms with Crippen LogP contribution < -0.4 is 5.32 Å². The van der Waals surface area contributed by atoms with Crippen LogP contribution in [0.3, 0.4) is 0 Å². The van der Waals surface area contributed by atoms with E-state index in [0.29, 0.717) is 5.95 Å². The summed E-state index contributed by atoms with van der Waals surface area (Å²) in [6.45, 7) is 0. The zero-order chi connectivity index (χ0) is 15.8. The van der Waals surface area contributed by atoms with Crippen LogP contribution in [-0.2, 0) is 0 Å². The van der Waals surface area contributed by atoms with E-state index in [1.165, 1.54) is 12.1 Å². The van der Waals surface area contributed by atoms with Crippen LogP contribution in [0.2, 0.25) is 0 Å². The SMILES string of the molecule is Fc1ccc(C2C=C(c3ccc(Br)cc3)Nc3nnnn32)cc1. The normalized spacial score (nSPS) is 16.4. The van der Waals surface area contributed by atoms with Crippen molar-refractivity contribution in [3.63, 3.8) is 0 Å². The first-order chi connectivity index (χ1) is 11.2. The number of allylic oxidation sites excluding steroid dienone is 1. The third kappa shape index (κ3) is 2.63. The monoisotopic (exact) mass is 371 g/mol. The Bertz CT molecular complexity index is 870. The fourth-order valence-corrected chi connectivity index (χ4v) is 2.81. The molecule has 1 aliphatic heterocycles. The molecule has 2 heterocycles. The Balaban J connectivity index is 1.79. The molecule has 0 bridgehead atoms. The van der Waals surface area contributed by atoms with Gasteiger partial charge in [-0.2, -0.15) is 4.68 Å². The van der Waals surface area contributed by atoms with Crippen LogP contribution in [0, 0.1) is 5.82 Å². The lowest BCUT2D eigenvalue weighted by atomic mass is 10.0. The van der Waals surface area contributed by atoms with Crippen LogP contribution in [0.1, 0.15) is 17.2 Å². The number of anilines is 1. The van der Waals surface area contributed by atoms with Crippen LogP contribution in [-0.4, -0.2) is 20.2 Å². The molecule has 3 aromatic rings. The maximum absolute atomic E-state index is 13.2. The molecule has 1 unspecified atom stereocenters. The number of nitrogens with one attached hydrogen (secondary N) is 1. The molecule has 1 N–H and O–H groups in total. The van der Waals surface area contributed by atoms with Gasteiger partial charge in [-0.1, -0.05) is 45.3 Å². The number of rotatable bonds is 2. The first-order valence-corrected chi connectivity index (χ1v) is 7.78. The fraction of sp³-hybridized carbons (Fsp3) is 0.0625. The largest absolute Gasteiger partial charge is 0.323 e. The molecule has 0 spiro atoms. The summed E-state index contributed by atoms with van der Waals surface area (Å²) in [6.07, 6.45) is 2.03. The first kappa shape index (κ1) is 14.1. The predicted octanol–water partition coefficient (Wildman–Crippen LogP) is 3.63. The molecule has 0 amide bonds. The Morgan fingerprint density at radius 3 is 2.52 bits per heavy atom. The Morgan fingerprint density at radius 2 is 1.78 bits per heavy atom. The lowest BCUT2D eigenvalue weighted by Gasteiger charge is -2.23. The van der Waals surface area contributed by atoms with Gasteiger partial charge in [0.05, 0.1) is 0 Å². The molecule has 4 rings (SSSR count). The average Bonchev–Trinajstić information content (AvgIpc) is 3.04. The lowest BCUT2D eigenvalue weighted by molar-refractivity contribution is 0.582. The molecule has 5 nitrogen and oxygen atoms in total. The second kappa shape index (κ2) is 5.58.